The van der Waals surface area contributed by atoms with Gasteiger partial charge in [0.05, 0.1) is 6.10 Å². The maximum atomic E-state index is 13.9. The molecule has 1 unspecified atom stereocenters. The minimum absolute atomic E-state index is 0.211. The van der Waals surface area contributed by atoms with Gasteiger partial charge in [-0.25, -0.2) is 4.39 Å². The quantitative estimate of drug-likeness (QED) is 0.764. The average molecular weight is 272 g/mol. The van der Waals surface area contributed by atoms with Crippen molar-refractivity contribution in [2.24, 2.45) is 5.92 Å². The van der Waals surface area contributed by atoms with Crippen LogP contribution in [0.4, 0.5) is 4.39 Å². The normalized spacial score (nSPS) is 18.9. The van der Waals surface area contributed by atoms with E-state index in [1.165, 1.54) is 31.7 Å². The van der Waals surface area contributed by atoms with Crippen molar-refractivity contribution in [1.29, 1.82) is 0 Å². The molecule has 2 heteroatoms. The zero-order chi connectivity index (χ0) is 13.9. The third kappa shape index (κ3) is 2.57. The van der Waals surface area contributed by atoms with Gasteiger partial charge in [-0.05, 0) is 35.8 Å². The summed E-state index contributed by atoms with van der Waals surface area (Å²) in [6.45, 7) is 0. The lowest BCUT2D eigenvalue weighted by Gasteiger charge is -2.23. The summed E-state index contributed by atoms with van der Waals surface area (Å²) in [5.41, 5.74) is 0.883. The van der Waals surface area contributed by atoms with Gasteiger partial charge in [-0.15, -0.1) is 0 Å². The predicted octanol–water partition coefficient (Wildman–Crippen LogP) is 4.98. The van der Waals surface area contributed by atoms with E-state index in [1.807, 2.05) is 18.2 Å². The van der Waals surface area contributed by atoms with E-state index >= 15 is 0 Å². The minimum atomic E-state index is -0.474. The second kappa shape index (κ2) is 5.92. The summed E-state index contributed by atoms with van der Waals surface area (Å²) in [7, 11) is 0. The van der Waals surface area contributed by atoms with E-state index in [0.29, 0.717) is 11.3 Å². The fourth-order valence-electron chi connectivity index (χ4n) is 3.42. The van der Waals surface area contributed by atoms with Crippen LogP contribution in [0.5, 0.6) is 0 Å². The first-order valence-electron chi connectivity index (χ1n) is 7.62. The van der Waals surface area contributed by atoms with E-state index < -0.39 is 6.10 Å². The number of fused-ring (bicyclic) bond motifs is 1. The van der Waals surface area contributed by atoms with Gasteiger partial charge in [-0.3, -0.25) is 0 Å². The lowest BCUT2D eigenvalue weighted by molar-refractivity contribution is 0.100. The maximum Gasteiger partial charge on any atom is 0.131 e. The summed E-state index contributed by atoms with van der Waals surface area (Å²) in [4.78, 5) is 0. The standard InChI is InChI=1S/C18H21FO/c19-17-12-11-16(14-9-5-6-10-15(14)17)18(20)13-7-3-1-2-4-8-13/h5-6,9-13,18,20H,1-4,7-8H2. The smallest absolute Gasteiger partial charge is 0.131 e. The topological polar surface area (TPSA) is 20.2 Å². The number of hydrogen-bond acceptors (Lipinski definition) is 1. The molecule has 1 fully saturated rings. The van der Waals surface area contributed by atoms with Crippen LogP contribution in [0.3, 0.4) is 0 Å². The first kappa shape index (κ1) is 13.6. The Kier molecular flexibility index (Phi) is 4.02. The van der Waals surface area contributed by atoms with Gasteiger partial charge in [0.2, 0.25) is 0 Å². The van der Waals surface area contributed by atoms with E-state index in [9.17, 15) is 9.50 Å². The largest absolute Gasteiger partial charge is 0.388 e. The fraction of sp³-hybridized carbons (Fsp3) is 0.444. The van der Waals surface area contributed by atoms with Crippen molar-refractivity contribution in [3.63, 3.8) is 0 Å². The molecular weight excluding hydrogens is 251 g/mol. The van der Waals surface area contributed by atoms with Gasteiger partial charge in [0.25, 0.3) is 0 Å². The lowest BCUT2D eigenvalue weighted by Crippen LogP contribution is -2.12. The summed E-state index contributed by atoms with van der Waals surface area (Å²) < 4.78 is 13.9. The van der Waals surface area contributed by atoms with Gasteiger partial charge >= 0.3 is 0 Å². The van der Waals surface area contributed by atoms with Crippen LogP contribution in [0.15, 0.2) is 36.4 Å². The van der Waals surface area contributed by atoms with E-state index in [0.717, 1.165) is 23.8 Å². The molecule has 0 spiro atoms. The molecule has 1 N–H and O–H groups in total. The van der Waals surface area contributed by atoms with Crippen molar-refractivity contribution in [2.45, 2.75) is 44.6 Å². The highest BCUT2D eigenvalue weighted by atomic mass is 19.1. The second-order valence-electron chi connectivity index (χ2n) is 5.88. The van der Waals surface area contributed by atoms with Gasteiger partial charge in [0, 0.05) is 5.39 Å². The molecule has 1 nitrogen and oxygen atoms in total. The van der Waals surface area contributed by atoms with Crippen molar-refractivity contribution in [1.82, 2.24) is 0 Å². The number of hydrogen-bond donors (Lipinski definition) is 1. The summed E-state index contributed by atoms with van der Waals surface area (Å²) in [5.74, 6) is 0.101. The van der Waals surface area contributed by atoms with Gasteiger partial charge in [-0.2, -0.15) is 0 Å². The molecular formula is C18H21FO. The fourth-order valence-corrected chi connectivity index (χ4v) is 3.42. The van der Waals surface area contributed by atoms with Crippen molar-refractivity contribution in [3.8, 4) is 0 Å². The Morgan fingerprint density at radius 1 is 0.900 bits per heavy atom. The zero-order valence-corrected chi connectivity index (χ0v) is 11.7. The number of halogens is 1. The molecule has 0 aromatic heterocycles. The molecule has 20 heavy (non-hydrogen) atoms. The second-order valence-corrected chi connectivity index (χ2v) is 5.88. The maximum absolute atomic E-state index is 13.9. The first-order valence-corrected chi connectivity index (χ1v) is 7.62. The third-order valence-electron chi connectivity index (χ3n) is 4.57. The molecule has 2 aromatic rings. The number of aliphatic hydroxyl groups is 1. The third-order valence-corrected chi connectivity index (χ3v) is 4.57. The molecule has 0 aliphatic heterocycles. The van der Waals surface area contributed by atoms with Gasteiger partial charge in [0.1, 0.15) is 5.82 Å². The van der Waals surface area contributed by atoms with Crippen LogP contribution in [0.25, 0.3) is 10.8 Å². The zero-order valence-electron chi connectivity index (χ0n) is 11.7. The highest BCUT2D eigenvalue weighted by molar-refractivity contribution is 5.86. The summed E-state index contributed by atoms with van der Waals surface area (Å²) >= 11 is 0. The number of rotatable bonds is 2. The van der Waals surface area contributed by atoms with E-state index in [-0.39, 0.29) is 5.82 Å². The van der Waals surface area contributed by atoms with Crippen molar-refractivity contribution in [2.75, 3.05) is 0 Å². The molecule has 1 aliphatic carbocycles. The molecule has 0 heterocycles. The summed E-state index contributed by atoms with van der Waals surface area (Å²) in [6.07, 6.45) is 6.61. The Morgan fingerprint density at radius 2 is 1.55 bits per heavy atom. The van der Waals surface area contributed by atoms with Crippen LogP contribution in [-0.2, 0) is 0 Å². The summed E-state index contributed by atoms with van der Waals surface area (Å²) in [5, 5.41) is 12.2. The SMILES string of the molecule is OC(c1ccc(F)c2ccccc12)C1CCCCCC1. The Balaban J connectivity index is 1.98. The van der Waals surface area contributed by atoms with Gasteiger partial charge < -0.3 is 5.11 Å². The number of aliphatic hydroxyl groups excluding tert-OH is 1. The van der Waals surface area contributed by atoms with E-state index in [2.05, 4.69) is 0 Å². The molecule has 1 saturated carbocycles. The van der Waals surface area contributed by atoms with Crippen LogP contribution in [0, 0.1) is 11.7 Å². The molecule has 0 amide bonds. The first-order chi connectivity index (χ1) is 9.77. The molecule has 106 valence electrons. The molecule has 1 aliphatic rings. The molecule has 3 rings (SSSR count). The minimum Gasteiger partial charge on any atom is -0.388 e. The molecule has 1 atom stereocenters. The Hall–Kier alpha value is -1.41. The van der Waals surface area contributed by atoms with Gasteiger partial charge in [-0.1, -0.05) is 56.0 Å². The predicted molar refractivity (Wildman–Crippen MR) is 80.1 cm³/mol. The lowest BCUT2D eigenvalue weighted by atomic mass is 9.87. The molecule has 2 aromatic carbocycles. The van der Waals surface area contributed by atoms with Crippen molar-refractivity contribution < 1.29 is 9.50 Å². The van der Waals surface area contributed by atoms with Crippen LogP contribution in [0.1, 0.15) is 50.2 Å². The summed E-state index contributed by atoms with van der Waals surface area (Å²) in [6, 6.07) is 10.7. The Labute approximate surface area is 119 Å². The number of benzene rings is 2. The highest BCUT2D eigenvalue weighted by Crippen LogP contribution is 2.36. The van der Waals surface area contributed by atoms with Crippen molar-refractivity contribution >= 4 is 10.8 Å². The molecule has 0 bridgehead atoms. The Morgan fingerprint density at radius 3 is 2.25 bits per heavy atom. The van der Waals surface area contributed by atoms with Crippen LogP contribution in [-0.4, -0.2) is 5.11 Å². The van der Waals surface area contributed by atoms with Crippen LogP contribution < -0.4 is 0 Å². The van der Waals surface area contributed by atoms with Crippen molar-refractivity contribution in [3.05, 3.63) is 47.8 Å². The monoisotopic (exact) mass is 272 g/mol. The van der Waals surface area contributed by atoms with Crippen LogP contribution >= 0.6 is 0 Å². The highest BCUT2D eigenvalue weighted by Gasteiger charge is 2.23. The molecule has 0 saturated heterocycles. The molecule has 0 radical (unpaired) electrons. The van der Waals surface area contributed by atoms with Crippen LogP contribution in [0.2, 0.25) is 0 Å². The van der Waals surface area contributed by atoms with Gasteiger partial charge in [0.15, 0.2) is 0 Å². The average Bonchev–Trinajstić information content (AvgIpc) is 2.76. The van der Waals surface area contributed by atoms with E-state index in [1.54, 1.807) is 12.1 Å². The Bertz CT molecular complexity index is 585. The van der Waals surface area contributed by atoms with E-state index in [4.69, 9.17) is 0 Å².